The van der Waals surface area contributed by atoms with Crippen LogP contribution in [0.1, 0.15) is 31.9 Å². The molecule has 1 heterocycles. The largest absolute Gasteiger partial charge is 0.491 e. The Kier molecular flexibility index (Phi) is 5.40. The van der Waals surface area contributed by atoms with Crippen molar-refractivity contribution in [2.24, 2.45) is 5.73 Å². The molecule has 112 valence electrons. The second-order valence-corrected chi connectivity index (χ2v) is 5.75. The third-order valence-corrected chi connectivity index (χ3v) is 3.70. The van der Waals surface area contributed by atoms with Crippen molar-refractivity contribution >= 4 is 0 Å². The van der Waals surface area contributed by atoms with Crippen LogP contribution in [-0.4, -0.2) is 43.9 Å². The van der Waals surface area contributed by atoms with Crippen molar-refractivity contribution in [1.82, 2.24) is 4.90 Å². The molecule has 0 bridgehead atoms. The highest BCUT2D eigenvalue weighted by molar-refractivity contribution is 5.29. The number of benzene rings is 1. The summed E-state index contributed by atoms with van der Waals surface area (Å²) in [6.07, 6.45) is 1.67. The Hall–Kier alpha value is -1.10. The number of rotatable bonds is 6. The maximum Gasteiger partial charge on any atom is 0.119 e. The Morgan fingerprint density at radius 1 is 1.30 bits per heavy atom. The molecule has 0 radical (unpaired) electrons. The molecule has 1 aliphatic heterocycles. The lowest BCUT2D eigenvalue weighted by Gasteiger charge is -2.21. The van der Waals surface area contributed by atoms with Crippen LogP contribution in [0.2, 0.25) is 0 Å². The Bertz CT molecular complexity index is 405. The second-order valence-electron chi connectivity index (χ2n) is 5.75. The molecular formula is C16H26N2O2. The topological polar surface area (TPSA) is 47.7 Å². The van der Waals surface area contributed by atoms with Gasteiger partial charge in [0.25, 0.3) is 0 Å². The van der Waals surface area contributed by atoms with E-state index in [9.17, 15) is 0 Å². The van der Waals surface area contributed by atoms with E-state index in [2.05, 4.69) is 17.0 Å². The van der Waals surface area contributed by atoms with E-state index < -0.39 is 0 Å². The molecule has 0 aliphatic carbocycles. The Morgan fingerprint density at radius 3 is 2.55 bits per heavy atom. The summed E-state index contributed by atoms with van der Waals surface area (Å²) in [5, 5.41) is 0. The first-order chi connectivity index (χ1) is 9.58. The highest BCUT2D eigenvalue weighted by Gasteiger charge is 2.23. The lowest BCUT2D eigenvalue weighted by Crippen LogP contribution is -2.31. The fraction of sp³-hybridized carbons (Fsp3) is 0.625. The minimum Gasteiger partial charge on any atom is -0.491 e. The molecular weight excluding hydrogens is 252 g/mol. The number of hydrogen-bond acceptors (Lipinski definition) is 4. The zero-order valence-corrected chi connectivity index (χ0v) is 12.7. The van der Waals surface area contributed by atoms with Crippen LogP contribution in [0.3, 0.4) is 0 Å². The zero-order valence-electron chi connectivity index (χ0n) is 12.7. The van der Waals surface area contributed by atoms with E-state index in [1.165, 1.54) is 0 Å². The summed E-state index contributed by atoms with van der Waals surface area (Å²) in [6.45, 7) is 6.99. The molecule has 2 atom stereocenters. The van der Waals surface area contributed by atoms with Gasteiger partial charge in [-0.2, -0.15) is 0 Å². The maximum absolute atomic E-state index is 6.29. The van der Waals surface area contributed by atoms with Crippen molar-refractivity contribution in [2.45, 2.75) is 38.5 Å². The van der Waals surface area contributed by atoms with Gasteiger partial charge < -0.3 is 15.2 Å². The molecule has 1 fully saturated rings. The van der Waals surface area contributed by atoms with E-state index in [1.807, 2.05) is 26.0 Å². The van der Waals surface area contributed by atoms with Crippen LogP contribution < -0.4 is 10.5 Å². The van der Waals surface area contributed by atoms with Crippen LogP contribution in [0, 0.1) is 0 Å². The fourth-order valence-electron chi connectivity index (χ4n) is 2.60. The number of ether oxygens (including phenoxy) is 2. The summed E-state index contributed by atoms with van der Waals surface area (Å²) in [4.78, 5) is 2.37. The molecule has 1 aliphatic rings. The van der Waals surface area contributed by atoms with Crippen molar-refractivity contribution in [1.29, 1.82) is 0 Å². The first-order valence-electron chi connectivity index (χ1n) is 7.36. The molecule has 4 heteroatoms. The number of nitrogens with two attached hydrogens (primary N) is 1. The Morgan fingerprint density at radius 2 is 2.00 bits per heavy atom. The summed E-state index contributed by atoms with van der Waals surface area (Å²) in [7, 11) is 1.78. The lowest BCUT2D eigenvalue weighted by atomic mass is 10.1. The number of hydrogen-bond donors (Lipinski definition) is 1. The van der Waals surface area contributed by atoms with Gasteiger partial charge in [-0.15, -0.1) is 0 Å². The predicted molar refractivity (Wildman–Crippen MR) is 81.0 cm³/mol. The Balaban J connectivity index is 1.87. The third-order valence-electron chi connectivity index (χ3n) is 3.70. The highest BCUT2D eigenvalue weighted by Crippen LogP contribution is 2.20. The summed E-state index contributed by atoms with van der Waals surface area (Å²) in [5.41, 5.74) is 7.44. The molecule has 1 aromatic carbocycles. The van der Waals surface area contributed by atoms with Crippen molar-refractivity contribution in [2.75, 3.05) is 26.7 Å². The first-order valence-corrected chi connectivity index (χ1v) is 7.36. The highest BCUT2D eigenvalue weighted by atomic mass is 16.5. The summed E-state index contributed by atoms with van der Waals surface area (Å²) >= 11 is 0. The van der Waals surface area contributed by atoms with Gasteiger partial charge in [0.1, 0.15) is 5.75 Å². The van der Waals surface area contributed by atoms with Gasteiger partial charge in [0.15, 0.2) is 0 Å². The number of likely N-dealkylation sites (tertiary alicyclic amines) is 1. The van der Waals surface area contributed by atoms with Crippen LogP contribution >= 0.6 is 0 Å². The van der Waals surface area contributed by atoms with Crippen molar-refractivity contribution in [3.63, 3.8) is 0 Å². The zero-order chi connectivity index (χ0) is 14.5. The van der Waals surface area contributed by atoms with Crippen LogP contribution in [0.15, 0.2) is 24.3 Å². The van der Waals surface area contributed by atoms with Gasteiger partial charge in [-0.05, 0) is 38.0 Å². The number of methoxy groups -OCH3 is 1. The summed E-state index contributed by atoms with van der Waals surface area (Å²) in [6, 6.07) is 8.16. The van der Waals surface area contributed by atoms with Crippen molar-refractivity contribution in [3.8, 4) is 5.75 Å². The van der Waals surface area contributed by atoms with E-state index in [4.69, 9.17) is 15.2 Å². The van der Waals surface area contributed by atoms with Gasteiger partial charge in [0, 0.05) is 32.8 Å². The van der Waals surface area contributed by atoms with E-state index in [0.717, 1.165) is 37.4 Å². The average molecular weight is 278 g/mol. The van der Waals surface area contributed by atoms with Crippen LogP contribution in [-0.2, 0) is 4.74 Å². The number of nitrogens with zero attached hydrogens (tertiary/aromatic N) is 1. The smallest absolute Gasteiger partial charge is 0.119 e. The Labute approximate surface area is 121 Å². The quantitative estimate of drug-likeness (QED) is 0.866. The van der Waals surface area contributed by atoms with Gasteiger partial charge in [-0.1, -0.05) is 12.1 Å². The summed E-state index contributed by atoms with van der Waals surface area (Å²) in [5.74, 6) is 0.900. The fourth-order valence-corrected chi connectivity index (χ4v) is 2.60. The van der Waals surface area contributed by atoms with Crippen LogP contribution in [0.4, 0.5) is 0 Å². The van der Waals surface area contributed by atoms with E-state index in [0.29, 0.717) is 6.10 Å². The maximum atomic E-state index is 6.29. The SMILES string of the molecule is COC1CCN(CC(N)c2ccc(OC(C)C)cc2)C1. The van der Waals surface area contributed by atoms with Gasteiger partial charge in [-0.25, -0.2) is 0 Å². The van der Waals surface area contributed by atoms with Crippen molar-refractivity contribution in [3.05, 3.63) is 29.8 Å². The minimum absolute atomic E-state index is 0.0405. The first kappa shape index (κ1) is 15.3. The molecule has 2 unspecified atom stereocenters. The standard InChI is InChI=1S/C16H26N2O2/c1-12(2)20-14-6-4-13(5-7-14)16(17)11-18-9-8-15(10-18)19-3/h4-7,12,15-16H,8-11,17H2,1-3H3. The molecule has 0 amide bonds. The molecule has 2 rings (SSSR count). The minimum atomic E-state index is 0.0405. The molecule has 4 nitrogen and oxygen atoms in total. The molecule has 2 N–H and O–H groups in total. The lowest BCUT2D eigenvalue weighted by molar-refractivity contribution is 0.107. The monoisotopic (exact) mass is 278 g/mol. The van der Waals surface area contributed by atoms with E-state index in [1.54, 1.807) is 7.11 Å². The molecule has 0 saturated carbocycles. The normalized spacial score (nSPS) is 21.4. The van der Waals surface area contributed by atoms with Crippen LogP contribution in [0.25, 0.3) is 0 Å². The average Bonchev–Trinajstić information content (AvgIpc) is 2.86. The molecule has 0 spiro atoms. The summed E-state index contributed by atoms with van der Waals surface area (Å²) < 4.78 is 11.0. The van der Waals surface area contributed by atoms with Gasteiger partial charge >= 0.3 is 0 Å². The van der Waals surface area contributed by atoms with Crippen molar-refractivity contribution < 1.29 is 9.47 Å². The van der Waals surface area contributed by atoms with Gasteiger partial charge in [-0.3, -0.25) is 4.90 Å². The third kappa shape index (κ3) is 4.20. The second kappa shape index (κ2) is 7.07. The molecule has 0 aromatic heterocycles. The van der Waals surface area contributed by atoms with E-state index >= 15 is 0 Å². The van der Waals surface area contributed by atoms with Crippen LogP contribution in [0.5, 0.6) is 5.75 Å². The van der Waals surface area contributed by atoms with Gasteiger partial charge in [0.05, 0.1) is 12.2 Å². The predicted octanol–water partition coefficient (Wildman–Crippen LogP) is 2.19. The molecule has 1 aromatic rings. The molecule has 20 heavy (non-hydrogen) atoms. The molecule has 1 saturated heterocycles. The van der Waals surface area contributed by atoms with E-state index in [-0.39, 0.29) is 12.1 Å². The van der Waals surface area contributed by atoms with Gasteiger partial charge in [0.2, 0.25) is 0 Å².